The van der Waals surface area contributed by atoms with Gasteiger partial charge in [-0.05, 0) is 43.4 Å². The molecule has 0 spiro atoms. The van der Waals surface area contributed by atoms with E-state index in [1.54, 1.807) is 0 Å². The second-order valence-electron chi connectivity index (χ2n) is 6.93. The highest BCUT2D eigenvalue weighted by molar-refractivity contribution is 5.86. The van der Waals surface area contributed by atoms with Gasteiger partial charge in [-0.2, -0.15) is 5.26 Å². The van der Waals surface area contributed by atoms with Crippen LogP contribution in [0.15, 0.2) is 42.5 Å². The van der Waals surface area contributed by atoms with Gasteiger partial charge in [-0.25, -0.2) is 0 Å². The normalized spacial score (nSPS) is 17.7. The molecule has 3 N–H and O–H groups in total. The summed E-state index contributed by atoms with van der Waals surface area (Å²) in [5.74, 6) is 0.236. The molecule has 1 fully saturated rings. The average Bonchev–Trinajstić information content (AvgIpc) is 3.44. The number of hydrogen-bond acceptors (Lipinski definition) is 2. The van der Waals surface area contributed by atoms with Crippen LogP contribution in [-0.4, -0.2) is 18.0 Å². The molecule has 4 heteroatoms. The van der Waals surface area contributed by atoms with Crippen LogP contribution < -0.4 is 10.6 Å². The fourth-order valence-corrected chi connectivity index (χ4v) is 3.28. The molecule has 1 amide bonds. The topological polar surface area (TPSA) is 69.5 Å². The van der Waals surface area contributed by atoms with Crippen LogP contribution in [0.4, 0.5) is 0 Å². The van der Waals surface area contributed by atoms with E-state index in [2.05, 4.69) is 48.6 Å². The molecule has 0 aromatic heterocycles. The summed E-state index contributed by atoms with van der Waals surface area (Å²) >= 11 is 0. The molecule has 124 valence electrons. The number of rotatable bonds is 6. The van der Waals surface area contributed by atoms with Gasteiger partial charge in [-0.15, -0.1) is 0 Å². The maximum Gasteiger partial charge on any atom is 0.276 e. The molecule has 0 saturated heterocycles. The highest BCUT2D eigenvalue weighted by Crippen LogP contribution is 2.39. The Morgan fingerprint density at radius 2 is 2.04 bits per heavy atom. The molecule has 2 aromatic carbocycles. The maximum atomic E-state index is 12.3. The van der Waals surface area contributed by atoms with Crippen LogP contribution in [0.5, 0.6) is 0 Å². The fraction of sp³-hybridized carbons (Fsp3) is 0.400. The summed E-state index contributed by atoms with van der Waals surface area (Å²) in [5, 5.41) is 16.7. The molecule has 0 radical (unpaired) electrons. The van der Waals surface area contributed by atoms with Crippen LogP contribution in [0.1, 0.15) is 38.3 Å². The van der Waals surface area contributed by atoms with Gasteiger partial charge in [-0.3, -0.25) is 4.79 Å². The molecule has 0 unspecified atom stereocenters. The fourth-order valence-electron chi connectivity index (χ4n) is 3.28. The number of hydrogen-bond donors (Lipinski definition) is 2. The van der Waals surface area contributed by atoms with Crippen molar-refractivity contribution in [3.05, 3.63) is 48.0 Å². The SMILES string of the molecule is C[C@@H]([NH2+]CC(=O)N[C@@](C)(C#N)C1CC1)c1cccc2ccccc12. The first-order valence-corrected chi connectivity index (χ1v) is 8.57. The van der Waals surface area contributed by atoms with Crippen molar-refractivity contribution < 1.29 is 10.1 Å². The van der Waals surface area contributed by atoms with Gasteiger partial charge >= 0.3 is 0 Å². The van der Waals surface area contributed by atoms with E-state index in [9.17, 15) is 10.1 Å². The lowest BCUT2D eigenvalue weighted by molar-refractivity contribution is -0.682. The van der Waals surface area contributed by atoms with Crippen LogP contribution in [0.25, 0.3) is 10.8 Å². The lowest BCUT2D eigenvalue weighted by Crippen LogP contribution is -2.87. The van der Waals surface area contributed by atoms with E-state index in [0.29, 0.717) is 12.5 Å². The van der Waals surface area contributed by atoms with Gasteiger partial charge in [0.15, 0.2) is 6.54 Å². The molecule has 2 atom stereocenters. The third-order valence-corrected chi connectivity index (χ3v) is 5.00. The van der Waals surface area contributed by atoms with E-state index in [-0.39, 0.29) is 11.9 Å². The van der Waals surface area contributed by atoms with Crippen molar-refractivity contribution in [2.24, 2.45) is 5.92 Å². The minimum atomic E-state index is -0.715. The first-order chi connectivity index (χ1) is 11.5. The Labute approximate surface area is 142 Å². The van der Waals surface area contributed by atoms with Gasteiger partial charge in [0.05, 0.1) is 6.07 Å². The van der Waals surface area contributed by atoms with Gasteiger partial charge < -0.3 is 10.6 Å². The minimum absolute atomic E-state index is 0.0713. The summed E-state index contributed by atoms with van der Waals surface area (Å²) < 4.78 is 0. The number of nitrogens with two attached hydrogens (primary N) is 1. The monoisotopic (exact) mass is 322 g/mol. The molecule has 0 bridgehead atoms. The molecule has 4 nitrogen and oxygen atoms in total. The number of benzene rings is 2. The van der Waals surface area contributed by atoms with E-state index in [1.807, 2.05) is 24.4 Å². The lowest BCUT2D eigenvalue weighted by Gasteiger charge is -2.22. The first kappa shape index (κ1) is 16.5. The minimum Gasteiger partial charge on any atom is -0.333 e. The Kier molecular flexibility index (Phi) is 4.55. The van der Waals surface area contributed by atoms with Crippen LogP contribution >= 0.6 is 0 Å². The van der Waals surface area contributed by atoms with E-state index in [4.69, 9.17) is 0 Å². The van der Waals surface area contributed by atoms with Gasteiger partial charge in [-0.1, -0.05) is 42.5 Å². The third-order valence-electron chi connectivity index (χ3n) is 5.00. The Bertz CT molecular complexity index is 786. The summed E-state index contributed by atoms with van der Waals surface area (Å²) in [6, 6.07) is 17.0. The highest BCUT2D eigenvalue weighted by Gasteiger charge is 2.43. The predicted octanol–water partition coefficient (Wildman–Crippen LogP) is 2.27. The van der Waals surface area contributed by atoms with Crippen molar-refractivity contribution in [2.75, 3.05) is 6.54 Å². The zero-order valence-corrected chi connectivity index (χ0v) is 14.3. The molecule has 1 saturated carbocycles. The summed E-state index contributed by atoms with van der Waals surface area (Å²) in [6.45, 7) is 4.27. The Balaban J connectivity index is 1.63. The van der Waals surface area contributed by atoms with E-state index < -0.39 is 5.54 Å². The number of nitrogens with zero attached hydrogens (tertiary/aromatic N) is 1. The second kappa shape index (κ2) is 6.62. The van der Waals surface area contributed by atoms with Crippen molar-refractivity contribution in [3.63, 3.8) is 0 Å². The zero-order valence-electron chi connectivity index (χ0n) is 14.3. The predicted molar refractivity (Wildman–Crippen MR) is 94.0 cm³/mol. The Morgan fingerprint density at radius 3 is 2.75 bits per heavy atom. The number of quaternary nitrogens is 1. The standard InChI is InChI=1S/C20H23N3O/c1-14(17-9-5-7-15-6-3-4-8-18(15)17)22-12-19(24)23-20(2,13-21)16-10-11-16/h3-9,14,16,22H,10-12H2,1-2H3,(H,23,24)/p+1/t14-,20+/m1/s1. The summed E-state index contributed by atoms with van der Waals surface area (Å²) in [6.07, 6.45) is 2.06. The zero-order chi connectivity index (χ0) is 17.2. The number of fused-ring (bicyclic) bond motifs is 1. The highest BCUT2D eigenvalue weighted by atomic mass is 16.2. The number of amides is 1. The van der Waals surface area contributed by atoms with Gasteiger partial charge in [0.25, 0.3) is 5.91 Å². The number of carbonyl (C=O) groups excluding carboxylic acids is 1. The second-order valence-corrected chi connectivity index (χ2v) is 6.93. The van der Waals surface area contributed by atoms with E-state index >= 15 is 0 Å². The van der Waals surface area contributed by atoms with Gasteiger partial charge in [0.1, 0.15) is 11.6 Å². The summed E-state index contributed by atoms with van der Waals surface area (Å²) in [5.41, 5.74) is 0.513. The molecule has 3 rings (SSSR count). The van der Waals surface area contributed by atoms with Crippen LogP contribution in [-0.2, 0) is 4.79 Å². The van der Waals surface area contributed by atoms with Crippen molar-refractivity contribution in [3.8, 4) is 6.07 Å². The van der Waals surface area contributed by atoms with Gasteiger partial charge in [0, 0.05) is 5.56 Å². The quantitative estimate of drug-likeness (QED) is 0.856. The molecule has 24 heavy (non-hydrogen) atoms. The molecule has 0 aliphatic heterocycles. The number of carbonyl (C=O) groups is 1. The van der Waals surface area contributed by atoms with Crippen LogP contribution in [0.3, 0.4) is 0 Å². The van der Waals surface area contributed by atoms with Crippen LogP contribution in [0.2, 0.25) is 0 Å². The van der Waals surface area contributed by atoms with Crippen molar-refractivity contribution in [1.29, 1.82) is 5.26 Å². The van der Waals surface area contributed by atoms with Crippen LogP contribution in [0, 0.1) is 17.2 Å². The lowest BCUT2D eigenvalue weighted by atomic mass is 9.98. The molecule has 2 aromatic rings. The molecular formula is C20H24N3O+. The van der Waals surface area contributed by atoms with E-state index in [1.165, 1.54) is 16.3 Å². The first-order valence-electron chi connectivity index (χ1n) is 8.57. The van der Waals surface area contributed by atoms with Gasteiger partial charge in [0.2, 0.25) is 0 Å². The largest absolute Gasteiger partial charge is 0.333 e. The molecule has 1 aliphatic rings. The molecule has 1 aliphatic carbocycles. The average molecular weight is 322 g/mol. The third kappa shape index (κ3) is 3.42. The smallest absolute Gasteiger partial charge is 0.276 e. The van der Waals surface area contributed by atoms with Crippen molar-refractivity contribution in [2.45, 2.75) is 38.3 Å². The molecular weight excluding hydrogens is 298 g/mol. The molecule has 0 heterocycles. The summed E-state index contributed by atoms with van der Waals surface area (Å²) in [7, 11) is 0. The van der Waals surface area contributed by atoms with E-state index in [0.717, 1.165) is 12.8 Å². The Morgan fingerprint density at radius 1 is 1.33 bits per heavy atom. The maximum absolute atomic E-state index is 12.3. The summed E-state index contributed by atoms with van der Waals surface area (Å²) in [4.78, 5) is 12.3. The Hall–Kier alpha value is -2.38. The number of nitriles is 1. The van der Waals surface area contributed by atoms with Crippen molar-refractivity contribution in [1.82, 2.24) is 5.32 Å². The van der Waals surface area contributed by atoms with Crippen molar-refractivity contribution >= 4 is 16.7 Å². The number of nitrogens with one attached hydrogen (secondary N) is 1.